The lowest BCUT2D eigenvalue weighted by Crippen LogP contribution is -2.35. The number of hydrogen-bond donors (Lipinski definition) is 1. The monoisotopic (exact) mass is 397 g/mol. The van der Waals surface area contributed by atoms with Crippen LogP contribution >= 0.6 is 23.1 Å². The van der Waals surface area contributed by atoms with E-state index < -0.39 is 0 Å². The van der Waals surface area contributed by atoms with Crippen molar-refractivity contribution in [1.82, 2.24) is 10.3 Å². The standard InChI is InChI=1S/C21H23N3OS2/c1-15(26-21-23-18-9-5-6-10-19(18)27-21)20(25)22-13-16-11-12-24(14-16)17-7-3-2-4-8-17/h2-10,15-16H,11-14H2,1H3,(H,22,25)/t15-,16-/m0/s1. The number of thiazole rings is 1. The zero-order valence-electron chi connectivity index (χ0n) is 15.3. The van der Waals surface area contributed by atoms with E-state index in [0.717, 1.165) is 35.9 Å². The maximum Gasteiger partial charge on any atom is 0.233 e. The molecule has 0 spiro atoms. The summed E-state index contributed by atoms with van der Waals surface area (Å²) in [5.74, 6) is 0.603. The molecule has 0 radical (unpaired) electrons. The fourth-order valence-corrected chi connectivity index (χ4v) is 5.60. The van der Waals surface area contributed by atoms with Crippen molar-refractivity contribution in [3.8, 4) is 0 Å². The minimum Gasteiger partial charge on any atom is -0.371 e. The summed E-state index contributed by atoms with van der Waals surface area (Å²) in [7, 11) is 0. The number of amides is 1. The zero-order valence-corrected chi connectivity index (χ0v) is 16.9. The molecule has 1 aliphatic rings. The quantitative estimate of drug-likeness (QED) is 0.626. The molecule has 1 N–H and O–H groups in total. The van der Waals surface area contributed by atoms with Crippen LogP contribution in [0, 0.1) is 5.92 Å². The first kappa shape index (κ1) is 18.3. The van der Waals surface area contributed by atoms with Gasteiger partial charge in [-0.25, -0.2) is 4.98 Å². The van der Waals surface area contributed by atoms with Gasteiger partial charge in [-0.3, -0.25) is 4.79 Å². The molecule has 0 unspecified atom stereocenters. The van der Waals surface area contributed by atoms with Gasteiger partial charge >= 0.3 is 0 Å². The van der Waals surface area contributed by atoms with E-state index in [2.05, 4.69) is 45.5 Å². The molecule has 1 aliphatic heterocycles. The summed E-state index contributed by atoms with van der Waals surface area (Å²) in [4.78, 5) is 19.5. The molecule has 2 atom stereocenters. The Bertz CT molecular complexity index is 879. The lowest BCUT2D eigenvalue weighted by Gasteiger charge is -2.19. The molecule has 0 bridgehead atoms. The minimum atomic E-state index is -0.141. The fourth-order valence-electron chi connectivity index (χ4n) is 3.37. The first-order chi connectivity index (χ1) is 13.2. The predicted molar refractivity (Wildman–Crippen MR) is 115 cm³/mol. The van der Waals surface area contributed by atoms with Crippen molar-refractivity contribution >= 4 is 44.9 Å². The van der Waals surface area contributed by atoms with Gasteiger partial charge in [-0.1, -0.05) is 42.1 Å². The van der Waals surface area contributed by atoms with Gasteiger partial charge in [-0.05, 0) is 43.5 Å². The van der Waals surface area contributed by atoms with Crippen LogP contribution in [0.1, 0.15) is 13.3 Å². The molecule has 0 aliphatic carbocycles. The number of aromatic nitrogens is 1. The molecule has 1 amide bonds. The van der Waals surface area contributed by atoms with Gasteiger partial charge in [0.25, 0.3) is 0 Å². The van der Waals surface area contributed by atoms with Gasteiger partial charge in [-0.15, -0.1) is 11.3 Å². The SMILES string of the molecule is C[C@H](Sc1nc2ccccc2s1)C(=O)NC[C@@H]1CCN(c2ccccc2)C1. The van der Waals surface area contributed by atoms with Crippen molar-refractivity contribution in [2.24, 2.45) is 5.92 Å². The first-order valence-electron chi connectivity index (χ1n) is 9.29. The van der Waals surface area contributed by atoms with E-state index in [-0.39, 0.29) is 11.2 Å². The number of rotatable bonds is 6. The van der Waals surface area contributed by atoms with Crippen molar-refractivity contribution in [2.45, 2.75) is 22.9 Å². The molecule has 6 heteroatoms. The summed E-state index contributed by atoms with van der Waals surface area (Å²) >= 11 is 3.19. The van der Waals surface area contributed by atoms with Gasteiger partial charge in [0.05, 0.1) is 15.5 Å². The van der Waals surface area contributed by atoms with E-state index >= 15 is 0 Å². The van der Waals surface area contributed by atoms with E-state index in [1.807, 2.05) is 31.2 Å². The Labute approximate surface area is 168 Å². The van der Waals surface area contributed by atoms with Crippen molar-refractivity contribution < 1.29 is 4.79 Å². The Balaban J connectivity index is 1.26. The number of fused-ring (bicyclic) bond motifs is 1. The van der Waals surface area contributed by atoms with Gasteiger partial charge in [0.2, 0.25) is 5.91 Å². The second-order valence-electron chi connectivity index (χ2n) is 6.89. The molecule has 1 saturated heterocycles. The van der Waals surface area contributed by atoms with Crippen LogP contribution in [0.15, 0.2) is 58.9 Å². The fraction of sp³-hybridized carbons (Fsp3) is 0.333. The Morgan fingerprint density at radius 3 is 2.85 bits per heavy atom. The van der Waals surface area contributed by atoms with Crippen molar-refractivity contribution in [1.29, 1.82) is 0 Å². The highest BCUT2D eigenvalue weighted by Gasteiger charge is 2.24. The van der Waals surface area contributed by atoms with Crippen LogP contribution in [0.3, 0.4) is 0 Å². The molecule has 0 saturated carbocycles. The average Bonchev–Trinajstić information content (AvgIpc) is 3.33. The number of hydrogen-bond acceptors (Lipinski definition) is 5. The highest BCUT2D eigenvalue weighted by molar-refractivity contribution is 8.02. The second kappa shape index (κ2) is 8.31. The summed E-state index contributed by atoms with van der Waals surface area (Å²) in [6.45, 7) is 4.76. The Hall–Kier alpha value is -2.05. The molecule has 2 heterocycles. The van der Waals surface area contributed by atoms with Crippen LogP contribution in [-0.2, 0) is 4.79 Å². The molecule has 4 rings (SSSR count). The third kappa shape index (κ3) is 4.45. The highest BCUT2D eigenvalue weighted by Crippen LogP contribution is 2.32. The number of anilines is 1. The van der Waals surface area contributed by atoms with Crippen LogP contribution in [0.4, 0.5) is 5.69 Å². The Kier molecular flexibility index (Phi) is 5.64. The maximum absolute atomic E-state index is 12.5. The van der Waals surface area contributed by atoms with Crippen molar-refractivity contribution in [2.75, 3.05) is 24.5 Å². The molecule has 2 aromatic carbocycles. The van der Waals surface area contributed by atoms with Crippen LogP contribution in [0.2, 0.25) is 0 Å². The van der Waals surface area contributed by atoms with Crippen LogP contribution in [-0.4, -0.2) is 35.8 Å². The average molecular weight is 398 g/mol. The number of nitrogens with one attached hydrogen (secondary N) is 1. The normalized spacial score (nSPS) is 18.0. The Morgan fingerprint density at radius 2 is 2.04 bits per heavy atom. The number of carbonyl (C=O) groups is 1. The number of para-hydroxylation sites is 2. The topological polar surface area (TPSA) is 45.2 Å². The van der Waals surface area contributed by atoms with Gasteiger partial charge < -0.3 is 10.2 Å². The third-order valence-corrected chi connectivity index (χ3v) is 7.12. The molecule has 1 aromatic heterocycles. The molecule has 1 fully saturated rings. The summed E-state index contributed by atoms with van der Waals surface area (Å²) in [6, 6.07) is 18.6. The van der Waals surface area contributed by atoms with Crippen LogP contribution in [0.25, 0.3) is 10.2 Å². The summed E-state index contributed by atoms with van der Waals surface area (Å²) in [5, 5.41) is 3.00. The lowest BCUT2D eigenvalue weighted by molar-refractivity contribution is -0.120. The number of benzene rings is 2. The lowest BCUT2D eigenvalue weighted by atomic mass is 10.1. The predicted octanol–water partition coefficient (Wildman–Crippen LogP) is 4.42. The molecule has 140 valence electrons. The van der Waals surface area contributed by atoms with E-state index in [0.29, 0.717) is 5.92 Å². The Morgan fingerprint density at radius 1 is 1.26 bits per heavy atom. The van der Waals surface area contributed by atoms with Crippen LogP contribution < -0.4 is 10.2 Å². The first-order valence-corrected chi connectivity index (χ1v) is 11.0. The molecule has 4 nitrogen and oxygen atoms in total. The summed E-state index contributed by atoms with van der Waals surface area (Å²) in [5.41, 5.74) is 2.27. The van der Waals surface area contributed by atoms with E-state index in [1.165, 1.54) is 10.4 Å². The largest absolute Gasteiger partial charge is 0.371 e. The van der Waals surface area contributed by atoms with Crippen molar-refractivity contribution in [3.05, 3.63) is 54.6 Å². The molecular formula is C21H23N3OS2. The molecule has 3 aromatic rings. The van der Waals surface area contributed by atoms with E-state index in [1.54, 1.807) is 23.1 Å². The number of carbonyl (C=O) groups excluding carboxylic acids is 1. The van der Waals surface area contributed by atoms with Crippen molar-refractivity contribution in [3.63, 3.8) is 0 Å². The van der Waals surface area contributed by atoms with E-state index in [9.17, 15) is 4.79 Å². The van der Waals surface area contributed by atoms with Gasteiger partial charge in [0.15, 0.2) is 4.34 Å². The zero-order chi connectivity index (χ0) is 18.6. The molecular weight excluding hydrogens is 374 g/mol. The highest BCUT2D eigenvalue weighted by atomic mass is 32.2. The second-order valence-corrected chi connectivity index (χ2v) is 9.51. The number of thioether (sulfide) groups is 1. The maximum atomic E-state index is 12.5. The minimum absolute atomic E-state index is 0.0948. The third-order valence-electron chi connectivity index (χ3n) is 4.89. The van der Waals surface area contributed by atoms with Gasteiger partial charge in [0, 0.05) is 25.3 Å². The summed E-state index contributed by atoms with van der Waals surface area (Å²) < 4.78 is 2.12. The van der Waals surface area contributed by atoms with Gasteiger partial charge in [-0.2, -0.15) is 0 Å². The number of nitrogens with zero attached hydrogens (tertiary/aromatic N) is 2. The molecule has 27 heavy (non-hydrogen) atoms. The van der Waals surface area contributed by atoms with E-state index in [4.69, 9.17) is 0 Å². The summed E-state index contributed by atoms with van der Waals surface area (Å²) in [6.07, 6.45) is 1.12. The smallest absolute Gasteiger partial charge is 0.233 e. The van der Waals surface area contributed by atoms with Crippen LogP contribution in [0.5, 0.6) is 0 Å². The van der Waals surface area contributed by atoms with Gasteiger partial charge in [0.1, 0.15) is 0 Å².